The molecule has 0 radical (unpaired) electrons. The molecule has 4 heterocycles. The van der Waals surface area contributed by atoms with Crippen LogP contribution in [0.25, 0.3) is 43.1 Å². The number of thiophene rings is 1. The summed E-state index contributed by atoms with van der Waals surface area (Å²) in [5, 5.41) is 0. The molecule has 45 heavy (non-hydrogen) atoms. The number of nitrogens with zero attached hydrogens (tertiary/aromatic N) is 2. The number of aromatic nitrogens is 2. The molecule has 2 aromatic carbocycles. The van der Waals surface area contributed by atoms with Gasteiger partial charge in [-0.2, -0.15) is 0 Å². The Kier molecular flexibility index (Phi) is 8.81. The first-order valence-electron chi connectivity index (χ1n) is 15.7. The summed E-state index contributed by atoms with van der Waals surface area (Å²) >= 11 is 1.65. The summed E-state index contributed by atoms with van der Waals surface area (Å²) in [4.78, 5) is 1.96. The van der Waals surface area contributed by atoms with Crippen molar-refractivity contribution in [3.05, 3.63) is 85.5 Å². The quantitative estimate of drug-likeness (QED) is 0.154. The third-order valence-electron chi connectivity index (χ3n) is 7.96. The summed E-state index contributed by atoms with van der Waals surface area (Å²) in [5.74, 6) is 3.00. The molecule has 232 valence electrons. The topological polar surface area (TPSA) is 44.7 Å². The number of fused-ring (bicyclic) bond motifs is 1. The maximum absolute atomic E-state index is 6.38. The molecule has 0 spiro atoms. The lowest BCUT2D eigenvalue weighted by Gasteiger charge is -2.20. The van der Waals surface area contributed by atoms with Crippen LogP contribution in [-0.4, -0.2) is 26.4 Å². The van der Waals surface area contributed by atoms with Crippen molar-refractivity contribution in [2.45, 2.75) is 59.7 Å². The Morgan fingerprint density at radius 1 is 0.622 bits per heavy atom. The third kappa shape index (κ3) is 6.27. The normalized spacial score (nSPS) is 12.7. The molecule has 0 fully saturated rings. The van der Waals surface area contributed by atoms with Crippen molar-refractivity contribution in [1.29, 1.82) is 0 Å². The van der Waals surface area contributed by atoms with E-state index in [1.807, 2.05) is 32.0 Å². The number of ether oxygens (including phenoxy) is 4. The lowest BCUT2D eigenvalue weighted by atomic mass is 9.96. The molecule has 0 amide bonds. The minimum atomic E-state index is 0.00279. The molecule has 7 heteroatoms. The molecule has 5 aromatic rings. The maximum Gasteiger partial charge on any atom is 0.180 e. The van der Waals surface area contributed by atoms with Gasteiger partial charge in [0.15, 0.2) is 48.4 Å². The van der Waals surface area contributed by atoms with Gasteiger partial charge < -0.3 is 18.9 Å². The van der Waals surface area contributed by atoms with Crippen molar-refractivity contribution in [2.24, 2.45) is 0 Å². The van der Waals surface area contributed by atoms with E-state index in [0.717, 1.165) is 66.1 Å². The lowest BCUT2D eigenvalue weighted by molar-refractivity contribution is -0.716. The van der Waals surface area contributed by atoms with Gasteiger partial charge in [0.1, 0.15) is 24.7 Å². The van der Waals surface area contributed by atoms with Crippen molar-refractivity contribution in [3.8, 4) is 66.1 Å². The molecule has 3 aromatic heterocycles. The van der Waals surface area contributed by atoms with E-state index in [2.05, 4.69) is 104 Å². The Labute approximate surface area is 270 Å². The van der Waals surface area contributed by atoms with Crippen molar-refractivity contribution in [1.82, 2.24) is 0 Å². The van der Waals surface area contributed by atoms with Gasteiger partial charge >= 0.3 is 0 Å². The van der Waals surface area contributed by atoms with Gasteiger partial charge in [0.2, 0.25) is 0 Å². The predicted molar refractivity (Wildman–Crippen MR) is 181 cm³/mol. The summed E-state index contributed by atoms with van der Waals surface area (Å²) in [6.45, 7) is 13.8. The molecular formula is C38H42N2O4S+2. The second-order valence-electron chi connectivity index (χ2n) is 12.2. The molecule has 0 bridgehead atoms. The van der Waals surface area contributed by atoms with E-state index in [1.165, 1.54) is 0 Å². The highest BCUT2D eigenvalue weighted by atomic mass is 32.1. The highest BCUT2D eigenvalue weighted by Crippen LogP contribution is 2.57. The summed E-state index contributed by atoms with van der Waals surface area (Å²) in [6.07, 6.45) is 8.62. The van der Waals surface area contributed by atoms with E-state index in [9.17, 15) is 0 Å². The molecule has 0 aliphatic carbocycles. The molecular weight excluding hydrogens is 580 g/mol. The zero-order chi connectivity index (χ0) is 31.7. The second kappa shape index (κ2) is 12.9. The van der Waals surface area contributed by atoms with Gasteiger partial charge in [-0.3, -0.25) is 0 Å². The maximum atomic E-state index is 6.38. The number of methoxy groups -OCH3 is 1. The van der Waals surface area contributed by atoms with Crippen molar-refractivity contribution >= 4 is 11.3 Å². The minimum Gasteiger partial charge on any atom is -0.496 e. The minimum absolute atomic E-state index is 0.00279. The highest BCUT2D eigenvalue weighted by Gasteiger charge is 2.30. The molecule has 0 saturated heterocycles. The molecule has 6 nitrogen and oxygen atoms in total. The van der Waals surface area contributed by atoms with Gasteiger partial charge in [0.25, 0.3) is 0 Å². The summed E-state index contributed by atoms with van der Waals surface area (Å²) in [6, 6.07) is 22.3. The van der Waals surface area contributed by atoms with Gasteiger partial charge in [-0.25, -0.2) is 9.13 Å². The Balaban J connectivity index is 1.56. The van der Waals surface area contributed by atoms with Crippen molar-refractivity contribution < 1.29 is 28.1 Å². The number of hydrogen-bond donors (Lipinski definition) is 0. The highest BCUT2D eigenvalue weighted by molar-refractivity contribution is 7.19. The molecule has 6 rings (SSSR count). The van der Waals surface area contributed by atoms with Crippen LogP contribution in [0.2, 0.25) is 0 Å². The molecule has 0 unspecified atom stereocenters. The molecule has 0 atom stereocenters. The van der Waals surface area contributed by atoms with Gasteiger partial charge in [0, 0.05) is 24.3 Å². The third-order valence-corrected chi connectivity index (χ3v) is 9.17. The predicted octanol–water partition coefficient (Wildman–Crippen LogP) is 8.72. The summed E-state index contributed by atoms with van der Waals surface area (Å²) in [7, 11) is 1.69. The first kappa shape index (κ1) is 30.7. The fourth-order valence-corrected chi connectivity index (χ4v) is 6.84. The van der Waals surface area contributed by atoms with Crippen LogP contribution in [0, 0.1) is 0 Å². The number of hydrogen-bond acceptors (Lipinski definition) is 5. The SMILES string of the molecule is COc1cccc(OC(C)C)c1-c1sc(-c2cc(-c3cc[n+](C(C)C)cc3)cc(-c3cc[n+](C(C)C)cc3)c2)c2c1OCCO2. The largest absolute Gasteiger partial charge is 0.496 e. The van der Waals surface area contributed by atoms with E-state index in [-0.39, 0.29) is 6.10 Å². The smallest absolute Gasteiger partial charge is 0.180 e. The standard InChI is InChI=1S/C38H42N2O4S/c1-24(2)39-15-11-27(12-16-39)29-21-30(28-13-17-40(18-14-28)25(3)4)23-31(22-29)37-35-36(43-20-19-42-35)38(45-37)34-32(41-7)9-8-10-33(34)44-26(5)6/h8-18,21-26H,19-20H2,1-7H3/q+2. The van der Waals surface area contributed by atoms with Gasteiger partial charge in [-0.05, 0) is 99.7 Å². The number of benzene rings is 2. The first-order chi connectivity index (χ1) is 21.7. The van der Waals surface area contributed by atoms with E-state index >= 15 is 0 Å². The number of rotatable bonds is 9. The second-order valence-corrected chi connectivity index (χ2v) is 13.2. The Bertz CT molecular complexity index is 1720. The van der Waals surface area contributed by atoms with Crippen LogP contribution in [0.3, 0.4) is 0 Å². The van der Waals surface area contributed by atoms with Crippen LogP contribution in [0.4, 0.5) is 0 Å². The van der Waals surface area contributed by atoms with Gasteiger partial charge in [0.05, 0.1) is 28.5 Å². The Morgan fingerprint density at radius 2 is 1.11 bits per heavy atom. The van der Waals surface area contributed by atoms with E-state index in [0.29, 0.717) is 25.3 Å². The zero-order valence-electron chi connectivity index (χ0n) is 27.2. The molecule has 1 aliphatic rings. The van der Waals surface area contributed by atoms with Crippen LogP contribution < -0.4 is 28.1 Å². The monoisotopic (exact) mass is 622 g/mol. The zero-order valence-corrected chi connectivity index (χ0v) is 28.0. The Morgan fingerprint density at radius 3 is 1.60 bits per heavy atom. The van der Waals surface area contributed by atoms with Crippen molar-refractivity contribution in [2.75, 3.05) is 20.3 Å². The average molecular weight is 623 g/mol. The molecule has 0 N–H and O–H groups in total. The van der Waals surface area contributed by atoms with Crippen LogP contribution in [0.15, 0.2) is 85.5 Å². The van der Waals surface area contributed by atoms with Crippen LogP contribution in [0.5, 0.6) is 23.0 Å². The van der Waals surface area contributed by atoms with E-state index in [4.69, 9.17) is 18.9 Å². The van der Waals surface area contributed by atoms with Gasteiger partial charge in [-0.15, -0.1) is 11.3 Å². The first-order valence-corrected chi connectivity index (χ1v) is 16.5. The average Bonchev–Trinajstić information content (AvgIpc) is 3.43. The Hall–Kier alpha value is -4.36. The fourth-order valence-electron chi connectivity index (χ4n) is 5.60. The molecule has 1 aliphatic heterocycles. The lowest BCUT2D eigenvalue weighted by Crippen LogP contribution is -2.34. The summed E-state index contributed by atoms with van der Waals surface area (Å²) in [5.41, 5.74) is 6.54. The van der Waals surface area contributed by atoms with E-state index in [1.54, 1.807) is 18.4 Å². The molecule has 0 saturated carbocycles. The van der Waals surface area contributed by atoms with Crippen LogP contribution in [0.1, 0.15) is 53.6 Å². The van der Waals surface area contributed by atoms with Gasteiger partial charge in [-0.1, -0.05) is 6.07 Å². The number of pyridine rings is 2. The van der Waals surface area contributed by atoms with Crippen molar-refractivity contribution in [3.63, 3.8) is 0 Å². The van der Waals surface area contributed by atoms with Crippen LogP contribution in [-0.2, 0) is 0 Å². The van der Waals surface area contributed by atoms with E-state index < -0.39 is 0 Å². The van der Waals surface area contributed by atoms with Crippen LogP contribution >= 0.6 is 11.3 Å². The summed E-state index contributed by atoms with van der Waals surface area (Å²) < 4.78 is 29.3. The fraction of sp³-hybridized carbons (Fsp3) is 0.316.